The minimum atomic E-state index is 0.484. The van der Waals surface area contributed by atoms with Gasteiger partial charge in [0.1, 0.15) is 0 Å². The van der Waals surface area contributed by atoms with E-state index in [1.807, 2.05) is 6.20 Å². The number of unbranched alkanes of at least 4 members (excludes halogenated alkanes) is 2. The van der Waals surface area contributed by atoms with Gasteiger partial charge < -0.3 is 0 Å². The van der Waals surface area contributed by atoms with E-state index in [4.69, 9.17) is 0 Å². The topological polar surface area (TPSA) is 25.8 Å². The van der Waals surface area contributed by atoms with Crippen molar-refractivity contribution in [2.24, 2.45) is 5.41 Å². The van der Waals surface area contributed by atoms with Crippen LogP contribution >= 0.6 is 0 Å². The van der Waals surface area contributed by atoms with Crippen LogP contribution in [0.3, 0.4) is 0 Å². The van der Waals surface area contributed by atoms with Crippen LogP contribution in [0.1, 0.15) is 52.0 Å². The number of hydrogen-bond acceptors (Lipinski definition) is 2. The molecule has 1 aromatic heterocycles. The summed E-state index contributed by atoms with van der Waals surface area (Å²) in [6.07, 6.45) is 10.0. The lowest BCUT2D eigenvalue weighted by Crippen LogP contribution is -2.04. The van der Waals surface area contributed by atoms with Gasteiger partial charge in [-0.3, -0.25) is 0 Å². The molecule has 0 radical (unpaired) electrons. The van der Waals surface area contributed by atoms with Gasteiger partial charge in [-0.25, -0.2) is 0 Å². The van der Waals surface area contributed by atoms with Gasteiger partial charge in [0.2, 0.25) is 0 Å². The monoisotopic (exact) mass is 206 g/mol. The Kier molecular flexibility index (Phi) is 4.73. The average molecular weight is 206 g/mol. The third kappa shape index (κ3) is 6.21. The summed E-state index contributed by atoms with van der Waals surface area (Å²) >= 11 is 0. The number of aromatic nitrogens is 2. The Bertz CT molecular complexity index is 262. The fraction of sp³-hybridized carbons (Fsp3) is 0.692. The van der Waals surface area contributed by atoms with Gasteiger partial charge in [0.15, 0.2) is 0 Å². The maximum absolute atomic E-state index is 3.87. The SMILES string of the molecule is CC(C)(C)CCCCCc1ccnnc1. The zero-order valence-corrected chi connectivity index (χ0v) is 10.2. The second kappa shape index (κ2) is 5.84. The molecule has 0 aromatic carbocycles. The van der Waals surface area contributed by atoms with E-state index in [-0.39, 0.29) is 0 Å². The number of aryl methyl sites for hydroxylation is 1. The van der Waals surface area contributed by atoms with Crippen LogP contribution in [0.25, 0.3) is 0 Å². The Morgan fingerprint density at radius 3 is 2.47 bits per heavy atom. The van der Waals surface area contributed by atoms with Crippen molar-refractivity contribution in [2.45, 2.75) is 52.9 Å². The van der Waals surface area contributed by atoms with E-state index in [0.29, 0.717) is 5.41 Å². The zero-order chi connectivity index (χ0) is 11.1. The Morgan fingerprint density at radius 1 is 1.07 bits per heavy atom. The van der Waals surface area contributed by atoms with Gasteiger partial charge in [-0.2, -0.15) is 10.2 Å². The van der Waals surface area contributed by atoms with Gasteiger partial charge in [-0.1, -0.05) is 33.6 Å². The van der Waals surface area contributed by atoms with Crippen LogP contribution in [0.4, 0.5) is 0 Å². The lowest BCUT2D eigenvalue weighted by Gasteiger charge is -2.17. The molecule has 0 aliphatic rings. The van der Waals surface area contributed by atoms with Crippen molar-refractivity contribution in [3.63, 3.8) is 0 Å². The lowest BCUT2D eigenvalue weighted by molar-refractivity contribution is 0.358. The van der Waals surface area contributed by atoms with Gasteiger partial charge in [0, 0.05) is 6.20 Å². The highest BCUT2D eigenvalue weighted by atomic mass is 15.1. The summed E-state index contributed by atoms with van der Waals surface area (Å²) in [6, 6.07) is 2.05. The third-order valence-electron chi connectivity index (χ3n) is 2.54. The molecule has 0 unspecified atom stereocenters. The first-order valence-corrected chi connectivity index (χ1v) is 5.83. The highest BCUT2D eigenvalue weighted by Gasteiger charge is 2.08. The van der Waals surface area contributed by atoms with Crippen LogP contribution in [0.5, 0.6) is 0 Å². The molecule has 0 spiro atoms. The summed E-state index contributed by atoms with van der Waals surface area (Å²) in [5, 5.41) is 7.64. The smallest absolute Gasteiger partial charge is 0.0528 e. The van der Waals surface area contributed by atoms with Crippen molar-refractivity contribution in [3.8, 4) is 0 Å². The predicted molar refractivity (Wildman–Crippen MR) is 63.7 cm³/mol. The summed E-state index contributed by atoms with van der Waals surface area (Å²) in [6.45, 7) is 6.92. The van der Waals surface area contributed by atoms with Crippen molar-refractivity contribution in [2.75, 3.05) is 0 Å². The van der Waals surface area contributed by atoms with E-state index < -0.39 is 0 Å². The summed E-state index contributed by atoms with van der Waals surface area (Å²) in [7, 11) is 0. The summed E-state index contributed by atoms with van der Waals surface area (Å²) in [4.78, 5) is 0. The molecule has 0 aliphatic carbocycles. The van der Waals surface area contributed by atoms with Crippen molar-refractivity contribution in [1.29, 1.82) is 0 Å². The predicted octanol–water partition coefficient (Wildman–Crippen LogP) is 3.63. The Balaban J connectivity index is 2.08. The van der Waals surface area contributed by atoms with E-state index in [0.717, 1.165) is 6.42 Å². The maximum Gasteiger partial charge on any atom is 0.0528 e. The maximum atomic E-state index is 3.87. The van der Waals surface area contributed by atoms with Crippen molar-refractivity contribution in [3.05, 3.63) is 24.0 Å². The molecule has 84 valence electrons. The van der Waals surface area contributed by atoms with Gasteiger partial charge >= 0.3 is 0 Å². The van der Waals surface area contributed by atoms with Crippen LogP contribution in [-0.2, 0) is 6.42 Å². The number of rotatable bonds is 5. The van der Waals surface area contributed by atoms with Crippen LogP contribution in [0.15, 0.2) is 18.5 Å². The number of hydrogen-bond donors (Lipinski definition) is 0. The van der Waals surface area contributed by atoms with E-state index in [2.05, 4.69) is 37.0 Å². The van der Waals surface area contributed by atoms with Gasteiger partial charge in [0.05, 0.1) is 6.20 Å². The summed E-state index contributed by atoms with van der Waals surface area (Å²) in [5.41, 5.74) is 1.79. The van der Waals surface area contributed by atoms with E-state index in [1.54, 1.807) is 6.20 Å². The Morgan fingerprint density at radius 2 is 1.87 bits per heavy atom. The first-order valence-electron chi connectivity index (χ1n) is 5.83. The van der Waals surface area contributed by atoms with Crippen LogP contribution in [-0.4, -0.2) is 10.2 Å². The quantitative estimate of drug-likeness (QED) is 0.688. The Hall–Kier alpha value is -0.920. The first-order chi connectivity index (χ1) is 7.08. The summed E-state index contributed by atoms with van der Waals surface area (Å²) in [5.74, 6) is 0. The molecular formula is C13H22N2. The molecule has 2 heteroatoms. The zero-order valence-electron chi connectivity index (χ0n) is 10.2. The fourth-order valence-corrected chi connectivity index (χ4v) is 1.63. The molecule has 0 aliphatic heterocycles. The molecule has 2 nitrogen and oxygen atoms in total. The van der Waals surface area contributed by atoms with Gasteiger partial charge in [0.25, 0.3) is 0 Å². The molecule has 1 rings (SSSR count). The molecule has 1 heterocycles. The van der Waals surface area contributed by atoms with E-state index in [1.165, 1.54) is 31.2 Å². The summed E-state index contributed by atoms with van der Waals surface area (Å²) < 4.78 is 0. The molecule has 0 amide bonds. The molecule has 0 saturated carbocycles. The normalized spacial score (nSPS) is 11.7. The molecule has 0 saturated heterocycles. The highest BCUT2D eigenvalue weighted by molar-refractivity contribution is 5.04. The molecule has 0 fully saturated rings. The highest BCUT2D eigenvalue weighted by Crippen LogP contribution is 2.22. The van der Waals surface area contributed by atoms with Crippen LogP contribution in [0.2, 0.25) is 0 Å². The second-order valence-electron chi connectivity index (χ2n) is 5.37. The standard InChI is InChI=1S/C13H22N2/c1-13(2,3)9-6-4-5-7-12-8-10-14-15-11-12/h8,10-11H,4-7,9H2,1-3H3. The van der Waals surface area contributed by atoms with E-state index >= 15 is 0 Å². The molecule has 0 bridgehead atoms. The second-order valence-corrected chi connectivity index (χ2v) is 5.37. The minimum Gasteiger partial charge on any atom is -0.159 e. The molecular weight excluding hydrogens is 184 g/mol. The van der Waals surface area contributed by atoms with Crippen molar-refractivity contribution < 1.29 is 0 Å². The van der Waals surface area contributed by atoms with Crippen LogP contribution in [0, 0.1) is 5.41 Å². The van der Waals surface area contributed by atoms with Gasteiger partial charge in [-0.15, -0.1) is 0 Å². The van der Waals surface area contributed by atoms with Crippen molar-refractivity contribution >= 4 is 0 Å². The van der Waals surface area contributed by atoms with Crippen LogP contribution < -0.4 is 0 Å². The first kappa shape index (κ1) is 12.2. The lowest BCUT2D eigenvalue weighted by atomic mass is 9.89. The number of nitrogens with zero attached hydrogens (tertiary/aromatic N) is 2. The largest absolute Gasteiger partial charge is 0.159 e. The van der Waals surface area contributed by atoms with E-state index in [9.17, 15) is 0 Å². The molecule has 0 N–H and O–H groups in total. The van der Waals surface area contributed by atoms with Crippen molar-refractivity contribution in [1.82, 2.24) is 10.2 Å². The molecule has 15 heavy (non-hydrogen) atoms. The van der Waals surface area contributed by atoms with Gasteiger partial charge in [-0.05, 0) is 36.3 Å². The Labute approximate surface area is 93.1 Å². The average Bonchev–Trinajstić information content (AvgIpc) is 2.17. The molecule has 0 atom stereocenters. The fourth-order valence-electron chi connectivity index (χ4n) is 1.63. The minimum absolute atomic E-state index is 0.484. The third-order valence-corrected chi connectivity index (χ3v) is 2.54. The molecule has 1 aromatic rings.